The van der Waals surface area contributed by atoms with Crippen LogP contribution in [0.5, 0.6) is 0 Å². The number of rotatable bonds is 12. The molecule has 5 rings (SSSR count). The second kappa shape index (κ2) is 11.4. The van der Waals surface area contributed by atoms with Crippen molar-refractivity contribution in [3.05, 3.63) is 35.9 Å². The fourth-order valence-corrected chi connectivity index (χ4v) is 7.32. The minimum absolute atomic E-state index is 0.0628. The van der Waals surface area contributed by atoms with E-state index in [1.54, 1.807) is 0 Å². The van der Waals surface area contributed by atoms with Crippen molar-refractivity contribution >= 4 is 17.9 Å². The molecule has 192 valence electrons. The Balaban J connectivity index is 1.14. The van der Waals surface area contributed by atoms with Crippen LogP contribution in [0.3, 0.4) is 0 Å². The highest BCUT2D eigenvalue weighted by Gasteiger charge is 2.51. The first kappa shape index (κ1) is 25.5. The molecule has 0 unspecified atom stereocenters. The molecule has 7 nitrogen and oxygen atoms in total. The molecule has 4 bridgehead atoms. The zero-order valence-corrected chi connectivity index (χ0v) is 21.0. The van der Waals surface area contributed by atoms with Gasteiger partial charge in [0, 0.05) is 12.5 Å². The molecule has 0 aliphatic heterocycles. The quantitative estimate of drug-likeness (QED) is 0.385. The predicted molar refractivity (Wildman–Crippen MR) is 134 cm³/mol. The summed E-state index contributed by atoms with van der Waals surface area (Å²) in [4.78, 5) is 36.8. The number of unbranched alkanes of at least 4 members (excludes halogenated alkanes) is 1. The molecule has 0 saturated heterocycles. The van der Waals surface area contributed by atoms with Gasteiger partial charge in [0.25, 0.3) is 0 Å². The molecule has 35 heavy (non-hydrogen) atoms. The highest BCUT2D eigenvalue weighted by Crippen LogP contribution is 2.62. The van der Waals surface area contributed by atoms with E-state index in [1.807, 2.05) is 37.3 Å². The van der Waals surface area contributed by atoms with Crippen molar-refractivity contribution in [2.75, 3.05) is 6.54 Å². The van der Waals surface area contributed by atoms with Crippen LogP contribution >= 0.6 is 0 Å². The predicted octanol–water partition coefficient (Wildman–Crippen LogP) is 4.30. The minimum Gasteiger partial charge on any atom is -0.445 e. The second-order valence-corrected chi connectivity index (χ2v) is 11.5. The average molecular weight is 484 g/mol. The van der Waals surface area contributed by atoms with Crippen molar-refractivity contribution in [2.45, 2.75) is 83.8 Å². The van der Waals surface area contributed by atoms with Gasteiger partial charge in [0.2, 0.25) is 11.8 Å². The molecule has 4 fully saturated rings. The Bertz CT molecular complexity index is 852. The third-order valence-electron chi connectivity index (χ3n) is 8.41. The molecule has 4 saturated carbocycles. The van der Waals surface area contributed by atoms with Crippen molar-refractivity contribution in [3.8, 4) is 0 Å². The number of nitrogens with two attached hydrogens (primary N) is 1. The summed E-state index contributed by atoms with van der Waals surface area (Å²) >= 11 is 0. The molecule has 4 N–H and O–H groups in total. The Morgan fingerprint density at radius 1 is 1.03 bits per heavy atom. The standard InChI is InChI=1S/C28H41N3O4/c1-19(14-28-15-21-11-22(16-28)13-23(12-21)17-28)26(33)31-24(25(29)32)9-5-6-10-30-27(34)35-18-20-7-3-2-4-8-20/h2-4,7-8,19,21-24H,5-6,9-18H2,1H3,(H2,29,32)(H,30,34)(H,31,33)/t19-,21?,22?,23?,24-,28?/m0/s1. The fraction of sp³-hybridized carbons (Fsp3) is 0.679. The van der Waals surface area contributed by atoms with E-state index in [-0.39, 0.29) is 18.4 Å². The van der Waals surface area contributed by atoms with Crippen LogP contribution in [0.25, 0.3) is 0 Å². The Labute approximate surface area is 208 Å². The van der Waals surface area contributed by atoms with Gasteiger partial charge in [0.15, 0.2) is 0 Å². The van der Waals surface area contributed by atoms with Crippen LogP contribution in [0.2, 0.25) is 0 Å². The van der Waals surface area contributed by atoms with Gasteiger partial charge in [-0.2, -0.15) is 0 Å². The largest absolute Gasteiger partial charge is 0.445 e. The molecule has 2 atom stereocenters. The lowest BCUT2D eigenvalue weighted by Gasteiger charge is -2.57. The van der Waals surface area contributed by atoms with Gasteiger partial charge in [-0.05, 0) is 92.9 Å². The highest BCUT2D eigenvalue weighted by molar-refractivity contribution is 5.87. The van der Waals surface area contributed by atoms with Gasteiger partial charge in [-0.25, -0.2) is 4.79 Å². The van der Waals surface area contributed by atoms with Crippen molar-refractivity contribution in [3.63, 3.8) is 0 Å². The summed E-state index contributed by atoms with van der Waals surface area (Å²) < 4.78 is 5.19. The van der Waals surface area contributed by atoms with Gasteiger partial charge in [-0.15, -0.1) is 0 Å². The van der Waals surface area contributed by atoms with Crippen LogP contribution in [-0.2, 0) is 20.9 Å². The third kappa shape index (κ3) is 6.98. The van der Waals surface area contributed by atoms with Gasteiger partial charge >= 0.3 is 6.09 Å². The van der Waals surface area contributed by atoms with Crippen LogP contribution in [0.15, 0.2) is 30.3 Å². The van der Waals surface area contributed by atoms with Crippen molar-refractivity contribution < 1.29 is 19.1 Å². The molecule has 7 heteroatoms. The summed E-state index contributed by atoms with van der Waals surface area (Å²) in [5.74, 6) is 1.90. The summed E-state index contributed by atoms with van der Waals surface area (Å²) in [6.07, 6.45) is 10.2. The average Bonchev–Trinajstić information content (AvgIpc) is 2.81. The van der Waals surface area contributed by atoms with Crippen molar-refractivity contribution in [1.29, 1.82) is 0 Å². The van der Waals surface area contributed by atoms with Crippen LogP contribution in [0.4, 0.5) is 4.79 Å². The summed E-state index contributed by atoms with van der Waals surface area (Å²) in [5.41, 5.74) is 6.85. The number of carbonyl (C=O) groups excluding carboxylic acids is 3. The number of hydrogen-bond acceptors (Lipinski definition) is 4. The first-order chi connectivity index (χ1) is 16.8. The molecule has 4 aliphatic rings. The van der Waals surface area contributed by atoms with E-state index in [0.29, 0.717) is 31.2 Å². The van der Waals surface area contributed by atoms with E-state index >= 15 is 0 Å². The molecule has 0 radical (unpaired) electrons. The van der Waals surface area contributed by atoms with E-state index in [2.05, 4.69) is 10.6 Å². The number of carbonyl (C=O) groups is 3. The smallest absolute Gasteiger partial charge is 0.407 e. The topological polar surface area (TPSA) is 111 Å². The van der Waals surface area contributed by atoms with Crippen molar-refractivity contribution in [1.82, 2.24) is 10.6 Å². The van der Waals surface area contributed by atoms with Gasteiger partial charge in [0.05, 0.1) is 0 Å². The second-order valence-electron chi connectivity index (χ2n) is 11.5. The first-order valence-electron chi connectivity index (χ1n) is 13.4. The van der Waals surface area contributed by atoms with E-state index in [1.165, 1.54) is 38.5 Å². The Hall–Kier alpha value is -2.57. The third-order valence-corrected chi connectivity index (χ3v) is 8.41. The van der Waals surface area contributed by atoms with E-state index < -0.39 is 18.0 Å². The lowest BCUT2D eigenvalue weighted by Crippen LogP contribution is -2.49. The van der Waals surface area contributed by atoms with E-state index in [9.17, 15) is 14.4 Å². The molecular weight excluding hydrogens is 442 g/mol. The number of amides is 3. The molecule has 1 aromatic carbocycles. The number of hydrogen-bond donors (Lipinski definition) is 3. The lowest BCUT2D eigenvalue weighted by molar-refractivity contribution is -0.132. The fourth-order valence-electron chi connectivity index (χ4n) is 7.32. The maximum atomic E-state index is 13.0. The number of nitrogens with one attached hydrogen (secondary N) is 2. The zero-order chi connectivity index (χ0) is 24.8. The molecule has 4 aliphatic carbocycles. The molecular formula is C28H41N3O4. The zero-order valence-electron chi connectivity index (χ0n) is 21.0. The molecule has 1 aromatic rings. The first-order valence-corrected chi connectivity index (χ1v) is 13.4. The summed E-state index contributed by atoms with van der Waals surface area (Å²) in [6, 6.07) is 8.83. The lowest BCUT2D eigenvalue weighted by atomic mass is 9.48. The van der Waals surface area contributed by atoms with Gasteiger partial charge in [-0.3, -0.25) is 9.59 Å². The minimum atomic E-state index is -0.675. The van der Waals surface area contributed by atoms with E-state index in [0.717, 1.165) is 29.7 Å². The number of alkyl carbamates (subject to hydrolysis) is 1. The van der Waals surface area contributed by atoms with Crippen LogP contribution in [-0.4, -0.2) is 30.5 Å². The van der Waals surface area contributed by atoms with Gasteiger partial charge in [0.1, 0.15) is 12.6 Å². The van der Waals surface area contributed by atoms with Gasteiger partial charge in [-0.1, -0.05) is 37.3 Å². The number of primary amides is 1. The van der Waals surface area contributed by atoms with Gasteiger partial charge < -0.3 is 21.1 Å². The van der Waals surface area contributed by atoms with Crippen molar-refractivity contribution in [2.24, 2.45) is 34.8 Å². The highest BCUT2D eigenvalue weighted by atomic mass is 16.5. The molecule has 0 aromatic heterocycles. The molecule has 3 amide bonds. The summed E-state index contributed by atoms with van der Waals surface area (Å²) in [5, 5.41) is 5.63. The maximum Gasteiger partial charge on any atom is 0.407 e. The van der Waals surface area contributed by atoms with Crippen LogP contribution < -0.4 is 16.4 Å². The number of ether oxygens (including phenoxy) is 1. The Kier molecular flexibility index (Phi) is 8.34. The maximum absolute atomic E-state index is 13.0. The summed E-state index contributed by atoms with van der Waals surface area (Å²) in [7, 11) is 0. The van der Waals surface area contributed by atoms with E-state index in [4.69, 9.17) is 10.5 Å². The van der Waals surface area contributed by atoms with Crippen LogP contribution in [0.1, 0.15) is 76.7 Å². The molecule has 0 spiro atoms. The molecule has 0 heterocycles. The SMILES string of the molecule is C[C@@H](CC12CC3CC(CC(C3)C1)C2)C(=O)N[C@@H](CCCCNC(=O)OCc1ccccc1)C(N)=O. The summed E-state index contributed by atoms with van der Waals surface area (Å²) in [6.45, 7) is 2.66. The number of benzene rings is 1. The monoisotopic (exact) mass is 483 g/mol. The Morgan fingerprint density at radius 2 is 1.66 bits per heavy atom. The normalized spacial score (nSPS) is 28.2. The van der Waals surface area contributed by atoms with Crippen LogP contribution in [0, 0.1) is 29.1 Å². The Morgan fingerprint density at radius 3 is 2.26 bits per heavy atom.